The summed E-state index contributed by atoms with van der Waals surface area (Å²) < 4.78 is 0. The first kappa shape index (κ1) is 7.91. The van der Waals surface area contributed by atoms with Crippen LogP contribution in [0.3, 0.4) is 0 Å². The van der Waals surface area contributed by atoms with Gasteiger partial charge in [-0.3, -0.25) is 4.79 Å². The van der Waals surface area contributed by atoms with Gasteiger partial charge in [0.05, 0.1) is 0 Å². The van der Waals surface area contributed by atoms with E-state index in [-0.39, 0.29) is 5.56 Å². The van der Waals surface area contributed by atoms with Gasteiger partial charge in [0.25, 0.3) is 0 Å². The van der Waals surface area contributed by atoms with Crippen LogP contribution in [0.15, 0.2) is 24.3 Å². The van der Waals surface area contributed by atoms with E-state index in [1.165, 1.54) is 12.1 Å². The van der Waals surface area contributed by atoms with Gasteiger partial charge in [0.15, 0.2) is 12.6 Å². The monoisotopic (exact) mass is 152 g/mol. The van der Waals surface area contributed by atoms with Gasteiger partial charge in [0.1, 0.15) is 0 Å². The molecular weight excluding hydrogens is 144 g/mol. The SMILES string of the molecule is O=Cc1ccccc1C(O)O. The average molecular weight is 152 g/mol. The van der Waals surface area contributed by atoms with E-state index in [9.17, 15) is 4.79 Å². The fourth-order valence-corrected chi connectivity index (χ4v) is 0.853. The van der Waals surface area contributed by atoms with Gasteiger partial charge in [-0.2, -0.15) is 0 Å². The predicted molar refractivity (Wildman–Crippen MR) is 39.0 cm³/mol. The highest BCUT2D eigenvalue weighted by molar-refractivity contribution is 5.77. The van der Waals surface area contributed by atoms with Crippen molar-refractivity contribution in [3.05, 3.63) is 35.4 Å². The van der Waals surface area contributed by atoms with Gasteiger partial charge in [-0.25, -0.2) is 0 Å². The largest absolute Gasteiger partial charge is 0.364 e. The third kappa shape index (κ3) is 1.63. The van der Waals surface area contributed by atoms with Crippen molar-refractivity contribution in [2.75, 3.05) is 0 Å². The minimum Gasteiger partial charge on any atom is -0.364 e. The highest BCUT2D eigenvalue weighted by Crippen LogP contribution is 2.12. The molecule has 11 heavy (non-hydrogen) atoms. The summed E-state index contributed by atoms with van der Waals surface area (Å²) in [7, 11) is 0. The van der Waals surface area contributed by atoms with Crippen LogP contribution in [0.2, 0.25) is 0 Å². The van der Waals surface area contributed by atoms with E-state index in [1.54, 1.807) is 12.1 Å². The van der Waals surface area contributed by atoms with Crippen molar-refractivity contribution >= 4 is 6.29 Å². The molecule has 0 aliphatic carbocycles. The summed E-state index contributed by atoms with van der Waals surface area (Å²) >= 11 is 0. The second-order valence-electron chi connectivity index (χ2n) is 2.12. The molecule has 1 aromatic carbocycles. The number of hydrogen-bond acceptors (Lipinski definition) is 3. The summed E-state index contributed by atoms with van der Waals surface area (Å²) in [5.74, 6) is 0. The molecule has 0 amide bonds. The van der Waals surface area contributed by atoms with Crippen LogP contribution in [0, 0.1) is 0 Å². The van der Waals surface area contributed by atoms with Crippen molar-refractivity contribution in [3.8, 4) is 0 Å². The summed E-state index contributed by atoms with van der Waals surface area (Å²) in [6, 6.07) is 6.33. The van der Waals surface area contributed by atoms with Crippen molar-refractivity contribution in [1.29, 1.82) is 0 Å². The van der Waals surface area contributed by atoms with Crippen molar-refractivity contribution in [2.24, 2.45) is 0 Å². The van der Waals surface area contributed by atoms with Crippen LogP contribution < -0.4 is 0 Å². The van der Waals surface area contributed by atoms with Crippen molar-refractivity contribution in [3.63, 3.8) is 0 Å². The molecule has 0 unspecified atom stereocenters. The summed E-state index contributed by atoms with van der Waals surface area (Å²) in [5, 5.41) is 17.5. The number of hydrogen-bond donors (Lipinski definition) is 2. The minimum absolute atomic E-state index is 0.238. The molecule has 0 saturated heterocycles. The quantitative estimate of drug-likeness (QED) is 0.478. The summed E-state index contributed by atoms with van der Waals surface area (Å²) in [6.07, 6.45) is -0.981. The lowest BCUT2D eigenvalue weighted by molar-refractivity contribution is -0.0428. The summed E-state index contributed by atoms with van der Waals surface area (Å²) in [5.41, 5.74) is 0.546. The van der Waals surface area contributed by atoms with Gasteiger partial charge in [0, 0.05) is 11.1 Å². The second kappa shape index (κ2) is 3.27. The Morgan fingerprint density at radius 1 is 1.27 bits per heavy atom. The van der Waals surface area contributed by atoms with Crippen molar-refractivity contribution in [2.45, 2.75) is 6.29 Å². The molecule has 0 aliphatic rings. The molecule has 0 heterocycles. The van der Waals surface area contributed by atoms with Gasteiger partial charge in [-0.15, -0.1) is 0 Å². The fraction of sp³-hybridized carbons (Fsp3) is 0.125. The molecule has 3 nitrogen and oxygen atoms in total. The van der Waals surface area contributed by atoms with Crippen LogP contribution in [-0.2, 0) is 0 Å². The molecule has 0 fully saturated rings. The second-order valence-corrected chi connectivity index (χ2v) is 2.12. The van der Waals surface area contributed by atoms with Crippen LogP contribution >= 0.6 is 0 Å². The van der Waals surface area contributed by atoms with E-state index >= 15 is 0 Å². The Bertz CT molecular complexity index is 255. The van der Waals surface area contributed by atoms with Gasteiger partial charge >= 0.3 is 0 Å². The van der Waals surface area contributed by atoms with E-state index in [1.807, 2.05) is 0 Å². The first-order valence-corrected chi connectivity index (χ1v) is 3.16. The predicted octanol–water partition coefficient (Wildman–Crippen LogP) is 0.482. The van der Waals surface area contributed by atoms with Gasteiger partial charge in [0.2, 0.25) is 0 Å². The van der Waals surface area contributed by atoms with E-state index in [0.717, 1.165) is 0 Å². The lowest BCUT2D eigenvalue weighted by Gasteiger charge is -2.04. The Morgan fingerprint density at radius 2 is 1.91 bits per heavy atom. The molecule has 0 aliphatic heterocycles. The van der Waals surface area contributed by atoms with E-state index < -0.39 is 6.29 Å². The fourth-order valence-electron chi connectivity index (χ4n) is 0.853. The normalized spacial score (nSPS) is 10.1. The zero-order valence-electron chi connectivity index (χ0n) is 5.77. The third-order valence-electron chi connectivity index (χ3n) is 1.40. The molecule has 1 aromatic rings. The number of aldehydes is 1. The van der Waals surface area contributed by atoms with Crippen LogP contribution in [0.1, 0.15) is 22.2 Å². The molecule has 58 valence electrons. The lowest BCUT2D eigenvalue weighted by atomic mass is 10.1. The molecule has 0 bridgehead atoms. The number of carbonyl (C=O) groups excluding carboxylic acids is 1. The molecule has 0 radical (unpaired) electrons. The maximum Gasteiger partial charge on any atom is 0.179 e. The zero-order chi connectivity index (χ0) is 8.27. The standard InChI is InChI=1S/C8H8O3/c9-5-6-3-1-2-4-7(6)8(10)11/h1-5,8,10-11H. The third-order valence-corrected chi connectivity index (χ3v) is 1.40. The van der Waals surface area contributed by atoms with Gasteiger partial charge < -0.3 is 10.2 Å². The smallest absolute Gasteiger partial charge is 0.179 e. The molecule has 0 saturated carbocycles. The number of benzene rings is 1. The maximum absolute atomic E-state index is 10.3. The summed E-state index contributed by atoms with van der Waals surface area (Å²) in [6.45, 7) is 0. The van der Waals surface area contributed by atoms with Gasteiger partial charge in [-0.1, -0.05) is 24.3 Å². The van der Waals surface area contributed by atoms with E-state index in [0.29, 0.717) is 11.8 Å². The number of aliphatic hydroxyl groups excluding tert-OH is 1. The van der Waals surface area contributed by atoms with Crippen LogP contribution in [0.25, 0.3) is 0 Å². The van der Waals surface area contributed by atoms with Crippen molar-refractivity contribution in [1.82, 2.24) is 0 Å². The van der Waals surface area contributed by atoms with E-state index in [2.05, 4.69) is 0 Å². The van der Waals surface area contributed by atoms with Crippen LogP contribution in [0.5, 0.6) is 0 Å². The Morgan fingerprint density at radius 3 is 2.36 bits per heavy atom. The first-order chi connectivity index (χ1) is 5.25. The minimum atomic E-state index is -1.57. The highest BCUT2D eigenvalue weighted by atomic mass is 16.5. The molecule has 1 rings (SSSR count). The molecule has 0 spiro atoms. The lowest BCUT2D eigenvalue weighted by Crippen LogP contribution is -1.99. The van der Waals surface area contributed by atoms with Crippen LogP contribution in [-0.4, -0.2) is 16.5 Å². The Kier molecular flexibility index (Phi) is 2.36. The van der Waals surface area contributed by atoms with Gasteiger partial charge in [-0.05, 0) is 0 Å². The Hall–Kier alpha value is -1.19. The molecule has 0 aromatic heterocycles. The number of carbonyl (C=O) groups is 1. The average Bonchev–Trinajstić information content (AvgIpc) is 2.04. The molecule has 3 heteroatoms. The summed E-state index contributed by atoms with van der Waals surface area (Å²) in [4.78, 5) is 10.3. The zero-order valence-corrected chi connectivity index (χ0v) is 5.77. The molecular formula is C8H8O3. The number of rotatable bonds is 2. The highest BCUT2D eigenvalue weighted by Gasteiger charge is 2.06. The van der Waals surface area contributed by atoms with Crippen molar-refractivity contribution < 1.29 is 15.0 Å². The number of aliphatic hydroxyl groups is 2. The Labute approximate surface area is 63.9 Å². The molecule has 2 N–H and O–H groups in total. The Balaban J connectivity index is 3.12. The maximum atomic E-state index is 10.3. The first-order valence-electron chi connectivity index (χ1n) is 3.16. The topological polar surface area (TPSA) is 57.5 Å². The van der Waals surface area contributed by atoms with Crippen LogP contribution in [0.4, 0.5) is 0 Å². The molecule has 0 atom stereocenters. The van der Waals surface area contributed by atoms with E-state index in [4.69, 9.17) is 10.2 Å².